The van der Waals surface area contributed by atoms with Gasteiger partial charge in [0.1, 0.15) is 0 Å². The Kier molecular flexibility index (Phi) is 5.55. The Labute approximate surface area is 96.3 Å². The predicted molar refractivity (Wildman–Crippen MR) is 59.2 cm³/mol. The number of unbranched alkanes of at least 4 members (excludes halogenated alkanes) is 1. The van der Waals surface area contributed by atoms with Gasteiger partial charge in [0.05, 0.1) is 31.9 Å². The van der Waals surface area contributed by atoms with Crippen LogP contribution in [0.25, 0.3) is 0 Å². The van der Waals surface area contributed by atoms with Gasteiger partial charge in [-0.2, -0.15) is 0 Å². The van der Waals surface area contributed by atoms with E-state index in [1.807, 2.05) is 6.92 Å². The zero-order valence-electron chi connectivity index (χ0n) is 10.0. The van der Waals surface area contributed by atoms with E-state index >= 15 is 0 Å². The Morgan fingerprint density at radius 1 is 1.56 bits per heavy atom. The average molecular weight is 231 g/mol. The van der Waals surface area contributed by atoms with Crippen LogP contribution in [-0.4, -0.2) is 55.1 Å². The molecule has 1 heterocycles. The van der Waals surface area contributed by atoms with Gasteiger partial charge in [-0.25, -0.2) is 4.79 Å². The summed E-state index contributed by atoms with van der Waals surface area (Å²) in [5, 5.41) is 9.17. The van der Waals surface area contributed by atoms with Crippen molar-refractivity contribution in [2.45, 2.75) is 38.3 Å². The SMILES string of the molecule is CCCCOC(=O)N1C[C@@H](OC)C[C@@H]1CO. The highest BCUT2D eigenvalue weighted by atomic mass is 16.6. The number of likely N-dealkylation sites (tertiary alicyclic amines) is 1. The first kappa shape index (κ1) is 13.3. The van der Waals surface area contributed by atoms with Crippen LogP contribution in [0.15, 0.2) is 0 Å². The predicted octanol–water partition coefficient (Wildman–Crippen LogP) is 1.00. The molecule has 5 nitrogen and oxygen atoms in total. The molecule has 0 aromatic rings. The van der Waals surface area contributed by atoms with Gasteiger partial charge in [-0.15, -0.1) is 0 Å². The van der Waals surface area contributed by atoms with E-state index in [-0.39, 0.29) is 24.8 Å². The van der Waals surface area contributed by atoms with Crippen molar-refractivity contribution in [3.63, 3.8) is 0 Å². The highest BCUT2D eigenvalue weighted by Crippen LogP contribution is 2.20. The summed E-state index contributed by atoms with van der Waals surface area (Å²) in [5.74, 6) is 0. The normalized spacial score (nSPS) is 24.8. The van der Waals surface area contributed by atoms with Crippen LogP contribution >= 0.6 is 0 Å². The number of carbonyl (C=O) groups excluding carboxylic acids is 1. The van der Waals surface area contributed by atoms with Crippen LogP contribution in [0.1, 0.15) is 26.2 Å². The van der Waals surface area contributed by atoms with Gasteiger partial charge in [-0.1, -0.05) is 13.3 Å². The van der Waals surface area contributed by atoms with Crippen LogP contribution in [0, 0.1) is 0 Å². The molecule has 0 aromatic carbocycles. The monoisotopic (exact) mass is 231 g/mol. The minimum absolute atomic E-state index is 0.0101. The van der Waals surface area contributed by atoms with Crippen molar-refractivity contribution in [2.24, 2.45) is 0 Å². The van der Waals surface area contributed by atoms with E-state index in [2.05, 4.69) is 0 Å². The van der Waals surface area contributed by atoms with Gasteiger partial charge in [-0.05, 0) is 12.8 Å². The molecule has 1 aliphatic rings. The Morgan fingerprint density at radius 3 is 2.88 bits per heavy atom. The molecule has 5 heteroatoms. The lowest BCUT2D eigenvalue weighted by Crippen LogP contribution is -2.38. The maximum atomic E-state index is 11.7. The standard InChI is InChI=1S/C11H21NO4/c1-3-4-5-16-11(14)12-7-10(15-2)6-9(12)8-13/h9-10,13H,3-8H2,1-2H3/t9-,10+/m1/s1. The van der Waals surface area contributed by atoms with Gasteiger partial charge in [0.25, 0.3) is 0 Å². The number of amides is 1. The summed E-state index contributed by atoms with van der Waals surface area (Å²) < 4.78 is 10.3. The maximum absolute atomic E-state index is 11.7. The molecule has 0 spiro atoms. The second-order valence-electron chi connectivity index (χ2n) is 4.05. The molecule has 0 radical (unpaired) electrons. The molecule has 0 bridgehead atoms. The topological polar surface area (TPSA) is 59.0 Å². The molecule has 0 aromatic heterocycles. The fourth-order valence-corrected chi connectivity index (χ4v) is 1.83. The molecule has 1 N–H and O–H groups in total. The number of ether oxygens (including phenoxy) is 2. The highest BCUT2D eigenvalue weighted by Gasteiger charge is 2.35. The van der Waals surface area contributed by atoms with Crippen molar-refractivity contribution in [1.29, 1.82) is 0 Å². The lowest BCUT2D eigenvalue weighted by atomic mass is 10.2. The molecule has 1 saturated heterocycles. The number of nitrogens with zero attached hydrogens (tertiary/aromatic N) is 1. The minimum Gasteiger partial charge on any atom is -0.449 e. The second-order valence-corrected chi connectivity index (χ2v) is 4.05. The molecule has 16 heavy (non-hydrogen) atoms. The van der Waals surface area contributed by atoms with Crippen molar-refractivity contribution >= 4 is 6.09 Å². The third-order valence-electron chi connectivity index (χ3n) is 2.88. The molecular formula is C11H21NO4. The summed E-state index contributed by atoms with van der Waals surface area (Å²) in [6, 6.07) is -0.168. The quantitative estimate of drug-likeness (QED) is 0.717. The fourth-order valence-electron chi connectivity index (χ4n) is 1.83. The number of aliphatic hydroxyl groups is 1. The van der Waals surface area contributed by atoms with Crippen LogP contribution in [0.2, 0.25) is 0 Å². The Hall–Kier alpha value is -0.810. The van der Waals surface area contributed by atoms with Crippen molar-refractivity contribution in [3.8, 4) is 0 Å². The van der Waals surface area contributed by atoms with E-state index in [9.17, 15) is 4.79 Å². The summed E-state index contributed by atoms with van der Waals surface area (Å²) in [4.78, 5) is 13.2. The number of aliphatic hydroxyl groups excluding tert-OH is 1. The summed E-state index contributed by atoms with van der Waals surface area (Å²) in [6.45, 7) is 2.96. The van der Waals surface area contributed by atoms with Crippen molar-refractivity contribution in [1.82, 2.24) is 4.90 Å². The Balaban J connectivity index is 2.41. The molecule has 1 aliphatic heterocycles. The van der Waals surface area contributed by atoms with Crippen LogP contribution in [0.5, 0.6) is 0 Å². The zero-order valence-corrected chi connectivity index (χ0v) is 10.0. The third kappa shape index (κ3) is 3.35. The number of methoxy groups -OCH3 is 1. The third-order valence-corrected chi connectivity index (χ3v) is 2.88. The van der Waals surface area contributed by atoms with Crippen LogP contribution in [0.3, 0.4) is 0 Å². The van der Waals surface area contributed by atoms with E-state index in [0.29, 0.717) is 19.6 Å². The molecule has 0 unspecified atom stereocenters. The van der Waals surface area contributed by atoms with E-state index in [1.165, 1.54) is 0 Å². The van der Waals surface area contributed by atoms with Crippen LogP contribution in [0.4, 0.5) is 4.79 Å². The number of hydrogen-bond acceptors (Lipinski definition) is 4. The van der Waals surface area contributed by atoms with Gasteiger partial charge in [0, 0.05) is 7.11 Å². The second kappa shape index (κ2) is 6.70. The van der Waals surface area contributed by atoms with Gasteiger partial charge < -0.3 is 19.5 Å². The molecule has 2 atom stereocenters. The van der Waals surface area contributed by atoms with Crippen LogP contribution in [-0.2, 0) is 9.47 Å². The van der Waals surface area contributed by atoms with Gasteiger partial charge in [0.15, 0.2) is 0 Å². The molecule has 94 valence electrons. The number of carbonyl (C=O) groups is 1. The largest absolute Gasteiger partial charge is 0.449 e. The number of hydrogen-bond donors (Lipinski definition) is 1. The summed E-state index contributed by atoms with van der Waals surface area (Å²) in [6.07, 6.45) is 2.22. The Morgan fingerprint density at radius 2 is 2.31 bits per heavy atom. The van der Waals surface area contributed by atoms with Gasteiger partial charge in [-0.3, -0.25) is 0 Å². The van der Waals surface area contributed by atoms with E-state index in [1.54, 1.807) is 12.0 Å². The molecule has 0 aliphatic carbocycles. The Bertz CT molecular complexity index is 222. The van der Waals surface area contributed by atoms with Gasteiger partial charge >= 0.3 is 6.09 Å². The molecule has 0 saturated carbocycles. The molecule has 1 amide bonds. The van der Waals surface area contributed by atoms with Crippen molar-refractivity contribution in [3.05, 3.63) is 0 Å². The zero-order chi connectivity index (χ0) is 12.0. The smallest absolute Gasteiger partial charge is 0.410 e. The lowest BCUT2D eigenvalue weighted by molar-refractivity contribution is 0.0771. The van der Waals surface area contributed by atoms with Crippen LogP contribution < -0.4 is 0 Å². The molecule has 1 fully saturated rings. The van der Waals surface area contributed by atoms with Crippen molar-refractivity contribution in [2.75, 3.05) is 26.9 Å². The first-order chi connectivity index (χ1) is 7.72. The number of rotatable bonds is 5. The van der Waals surface area contributed by atoms with E-state index in [0.717, 1.165) is 12.8 Å². The minimum atomic E-state index is -0.341. The van der Waals surface area contributed by atoms with Crippen molar-refractivity contribution < 1.29 is 19.4 Å². The van der Waals surface area contributed by atoms with E-state index in [4.69, 9.17) is 14.6 Å². The summed E-state index contributed by atoms with van der Waals surface area (Å²) in [5.41, 5.74) is 0. The summed E-state index contributed by atoms with van der Waals surface area (Å²) in [7, 11) is 1.62. The fraction of sp³-hybridized carbons (Fsp3) is 0.909. The first-order valence-corrected chi connectivity index (χ1v) is 5.80. The average Bonchev–Trinajstić information content (AvgIpc) is 2.72. The van der Waals surface area contributed by atoms with Gasteiger partial charge in [0.2, 0.25) is 0 Å². The maximum Gasteiger partial charge on any atom is 0.410 e. The highest BCUT2D eigenvalue weighted by molar-refractivity contribution is 5.68. The van der Waals surface area contributed by atoms with E-state index < -0.39 is 0 Å². The summed E-state index contributed by atoms with van der Waals surface area (Å²) >= 11 is 0. The molecule has 1 rings (SSSR count). The lowest BCUT2D eigenvalue weighted by Gasteiger charge is -2.21. The first-order valence-electron chi connectivity index (χ1n) is 5.80. The molecular weight excluding hydrogens is 210 g/mol.